The summed E-state index contributed by atoms with van der Waals surface area (Å²) in [6, 6.07) is 6.40. The Balaban J connectivity index is 1.76. The van der Waals surface area contributed by atoms with Crippen LogP contribution >= 0.6 is 0 Å². The van der Waals surface area contributed by atoms with Gasteiger partial charge in [0.1, 0.15) is 5.75 Å². The number of aliphatic hydroxyl groups is 1. The molecular formula is C18H27NO2. The molecular weight excluding hydrogens is 262 g/mol. The molecule has 1 N–H and O–H groups in total. The molecule has 1 aliphatic carbocycles. The molecule has 0 bridgehead atoms. The van der Waals surface area contributed by atoms with E-state index in [4.69, 9.17) is 4.74 Å². The van der Waals surface area contributed by atoms with E-state index in [-0.39, 0.29) is 6.10 Å². The summed E-state index contributed by atoms with van der Waals surface area (Å²) in [6.07, 6.45) is 8.37. The Hall–Kier alpha value is -1.06. The lowest BCUT2D eigenvalue weighted by atomic mass is 9.84. The van der Waals surface area contributed by atoms with Crippen LogP contribution in [0, 0.1) is 0 Å². The Morgan fingerprint density at radius 3 is 2.52 bits per heavy atom. The third-order valence-corrected chi connectivity index (χ3v) is 5.10. The summed E-state index contributed by atoms with van der Waals surface area (Å²) in [4.78, 5) is 2.54. The Kier molecular flexibility index (Phi) is 4.81. The highest BCUT2D eigenvalue weighted by Gasteiger charge is 2.32. The highest BCUT2D eigenvalue weighted by atomic mass is 16.5. The van der Waals surface area contributed by atoms with Gasteiger partial charge < -0.3 is 9.84 Å². The number of methoxy groups -OCH3 is 1. The van der Waals surface area contributed by atoms with Crippen LogP contribution in [0.4, 0.5) is 0 Å². The van der Waals surface area contributed by atoms with Gasteiger partial charge in [-0.15, -0.1) is 0 Å². The highest BCUT2D eigenvalue weighted by Crippen LogP contribution is 2.35. The molecule has 2 atom stereocenters. The first-order valence-corrected chi connectivity index (χ1v) is 8.38. The Bertz CT molecular complexity index is 466. The molecule has 1 aromatic carbocycles. The second kappa shape index (κ2) is 6.80. The van der Waals surface area contributed by atoms with Crippen molar-refractivity contribution in [3.63, 3.8) is 0 Å². The SMILES string of the molecule is COc1ccc2c(c1)CCC(N1CCCCCCC1)C2O. The van der Waals surface area contributed by atoms with Crippen molar-refractivity contribution in [1.82, 2.24) is 4.90 Å². The largest absolute Gasteiger partial charge is 0.497 e. The van der Waals surface area contributed by atoms with Gasteiger partial charge in [-0.3, -0.25) is 4.90 Å². The topological polar surface area (TPSA) is 32.7 Å². The van der Waals surface area contributed by atoms with E-state index >= 15 is 0 Å². The van der Waals surface area contributed by atoms with Crippen molar-refractivity contribution in [3.8, 4) is 5.75 Å². The van der Waals surface area contributed by atoms with E-state index in [0.717, 1.165) is 37.2 Å². The number of aliphatic hydroxyl groups excluding tert-OH is 1. The maximum atomic E-state index is 10.8. The van der Waals surface area contributed by atoms with Crippen LogP contribution < -0.4 is 4.74 Å². The van der Waals surface area contributed by atoms with Crippen molar-refractivity contribution in [1.29, 1.82) is 0 Å². The van der Waals surface area contributed by atoms with E-state index in [2.05, 4.69) is 17.0 Å². The molecule has 116 valence electrons. The lowest BCUT2D eigenvalue weighted by molar-refractivity contribution is 0.0317. The first kappa shape index (κ1) is 14.9. The lowest BCUT2D eigenvalue weighted by Gasteiger charge is -2.39. The monoisotopic (exact) mass is 289 g/mol. The minimum atomic E-state index is -0.348. The van der Waals surface area contributed by atoms with Crippen molar-refractivity contribution in [3.05, 3.63) is 29.3 Å². The van der Waals surface area contributed by atoms with Crippen LogP contribution in [0.15, 0.2) is 18.2 Å². The van der Waals surface area contributed by atoms with E-state index in [1.807, 2.05) is 6.07 Å². The van der Waals surface area contributed by atoms with Crippen LogP contribution in [0.3, 0.4) is 0 Å². The standard InChI is InChI=1S/C18H27NO2/c1-21-15-8-9-16-14(13-15)7-10-17(18(16)20)19-11-5-3-2-4-6-12-19/h8-9,13,17-18,20H,2-7,10-12H2,1H3. The Morgan fingerprint density at radius 1 is 1.10 bits per heavy atom. The van der Waals surface area contributed by atoms with Crippen molar-refractivity contribution in [2.24, 2.45) is 0 Å². The van der Waals surface area contributed by atoms with Crippen LogP contribution in [-0.2, 0) is 6.42 Å². The molecule has 0 amide bonds. The number of fused-ring (bicyclic) bond motifs is 1. The fourth-order valence-corrected chi connectivity index (χ4v) is 3.87. The molecule has 0 saturated carbocycles. The van der Waals surface area contributed by atoms with Gasteiger partial charge in [-0.05, 0) is 62.0 Å². The maximum Gasteiger partial charge on any atom is 0.119 e. The van der Waals surface area contributed by atoms with Gasteiger partial charge in [0.15, 0.2) is 0 Å². The zero-order valence-corrected chi connectivity index (χ0v) is 13.1. The fourth-order valence-electron chi connectivity index (χ4n) is 3.87. The minimum absolute atomic E-state index is 0.295. The number of rotatable bonds is 2. The smallest absolute Gasteiger partial charge is 0.119 e. The summed E-state index contributed by atoms with van der Waals surface area (Å²) in [5, 5.41) is 10.8. The predicted octanol–water partition coefficient (Wildman–Crippen LogP) is 3.31. The second-order valence-electron chi connectivity index (χ2n) is 6.42. The molecule has 1 fully saturated rings. The average Bonchev–Trinajstić information content (AvgIpc) is 2.48. The van der Waals surface area contributed by atoms with Crippen LogP contribution in [0.25, 0.3) is 0 Å². The fraction of sp³-hybridized carbons (Fsp3) is 0.667. The molecule has 1 heterocycles. The number of hydrogen-bond acceptors (Lipinski definition) is 3. The van der Waals surface area contributed by atoms with E-state index in [0.29, 0.717) is 6.04 Å². The molecule has 3 heteroatoms. The van der Waals surface area contributed by atoms with Crippen molar-refractivity contribution in [2.45, 2.75) is 57.1 Å². The molecule has 2 aliphatic rings. The van der Waals surface area contributed by atoms with Crippen molar-refractivity contribution < 1.29 is 9.84 Å². The van der Waals surface area contributed by atoms with E-state index in [1.165, 1.54) is 37.7 Å². The molecule has 3 rings (SSSR count). The van der Waals surface area contributed by atoms with Crippen molar-refractivity contribution >= 4 is 0 Å². The van der Waals surface area contributed by atoms with Gasteiger partial charge in [-0.2, -0.15) is 0 Å². The summed E-state index contributed by atoms with van der Waals surface area (Å²) in [7, 11) is 1.70. The normalized spacial score (nSPS) is 27.5. The molecule has 3 nitrogen and oxygen atoms in total. The predicted molar refractivity (Wildman–Crippen MR) is 84.7 cm³/mol. The quantitative estimate of drug-likeness (QED) is 0.906. The van der Waals surface area contributed by atoms with Gasteiger partial charge in [0, 0.05) is 6.04 Å². The summed E-state index contributed by atoms with van der Waals surface area (Å²) < 4.78 is 5.30. The van der Waals surface area contributed by atoms with Gasteiger partial charge >= 0.3 is 0 Å². The lowest BCUT2D eigenvalue weighted by Crippen LogP contribution is -2.43. The van der Waals surface area contributed by atoms with Crippen LogP contribution in [-0.4, -0.2) is 36.2 Å². The van der Waals surface area contributed by atoms with Gasteiger partial charge in [-0.25, -0.2) is 0 Å². The number of ether oxygens (including phenoxy) is 1. The van der Waals surface area contributed by atoms with Crippen LogP contribution in [0.1, 0.15) is 55.8 Å². The number of aryl methyl sites for hydroxylation is 1. The van der Waals surface area contributed by atoms with E-state index in [9.17, 15) is 5.11 Å². The summed E-state index contributed by atoms with van der Waals surface area (Å²) in [5.74, 6) is 0.894. The number of likely N-dealkylation sites (tertiary alicyclic amines) is 1. The number of benzene rings is 1. The van der Waals surface area contributed by atoms with Crippen molar-refractivity contribution in [2.75, 3.05) is 20.2 Å². The van der Waals surface area contributed by atoms with Gasteiger partial charge in [0.05, 0.1) is 13.2 Å². The zero-order chi connectivity index (χ0) is 14.7. The number of hydrogen-bond donors (Lipinski definition) is 1. The van der Waals surface area contributed by atoms with Gasteiger partial charge in [0.2, 0.25) is 0 Å². The summed E-state index contributed by atoms with van der Waals surface area (Å²) in [6.45, 7) is 2.29. The van der Waals surface area contributed by atoms with E-state index in [1.54, 1.807) is 7.11 Å². The molecule has 0 radical (unpaired) electrons. The molecule has 2 unspecified atom stereocenters. The summed E-state index contributed by atoms with van der Waals surface area (Å²) in [5.41, 5.74) is 2.36. The van der Waals surface area contributed by atoms with E-state index < -0.39 is 0 Å². The molecule has 1 aromatic rings. The van der Waals surface area contributed by atoms with Gasteiger partial charge in [0.25, 0.3) is 0 Å². The maximum absolute atomic E-state index is 10.8. The molecule has 0 spiro atoms. The Labute approximate surface area is 127 Å². The average molecular weight is 289 g/mol. The third-order valence-electron chi connectivity index (χ3n) is 5.10. The highest BCUT2D eigenvalue weighted by molar-refractivity contribution is 5.39. The molecule has 0 aromatic heterocycles. The Morgan fingerprint density at radius 2 is 1.81 bits per heavy atom. The van der Waals surface area contributed by atoms with Crippen LogP contribution in [0.2, 0.25) is 0 Å². The number of nitrogens with zero attached hydrogens (tertiary/aromatic N) is 1. The molecule has 1 aliphatic heterocycles. The molecule has 21 heavy (non-hydrogen) atoms. The molecule has 1 saturated heterocycles. The minimum Gasteiger partial charge on any atom is -0.497 e. The van der Waals surface area contributed by atoms with Gasteiger partial charge in [-0.1, -0.05) is 25.3 Å². The third kappa shape index (κ3) is 3.24. The zero-order valence-electron chi connectivity index (χ0n) is 13.1. The summed E-state index contributed by atoms with van der Waals surface area (Å²) >= 11 is 0. The second-order valence-corrected chi connectivity index (χ2v) is 6.42. The first-order valence-electron chi connectivity index (χ1n) is 8.38. The first-order chi connectivity index (χ1) is 10.3. The van der Waals surface area contributed by atoms with Crippen LogP contribution in [0.5, 0.6) is 5.75 Å².